The minimum absolute atomic E-state index is 0.0366. The van der Waals surface area contributed by atoms with Gasteiger partial charge in [0.1, 0.15) is 15.6 Å². The minimum Gasteiger partial charge on any atom is -0.467 e. The molecule has 0 amide bonds. The van der Waals surface area contributed by atoms with Crippen LogP contribution in [0.3, 0.4) is 0 Å². The molecule has 0 aliphatic heterocycles. The van der Waals surface area contributed by atoms with Crippen LogP contribution in [0, 0.1) is 0 Å². The maximum Gasteiger partial charge on any atom is 0.243 e. The van der Waals surface area contributed by atoms with Crippen molar-refractivity contribution >= 4 is 9.84 Å². The van der Waals surface area contributed by atoms with Crippen molar-refractivity contribution in [2.75, 3.05) is 12.0 Å². The van der Waals surface area contributed by atoms with Crippen molar-refractivity contribution in [1.82, 2.24) is 14.7 Å². The maximum absolute atomic E-state index is 11.3. The van der Waals surface area contributed by atoms with E-state index in [1.165, 1.54) is 0 Å². The molecule has 3 aromatic heterocycles. The van der Waals surface area contributed by atoms with Crippen LogP contribution in [0.5, 0.6) is 0 Å². The highest BCUT2D eigenvalue weighted by atomic mass is 32.2. The van der Waals surface area contributed by atoms with Gasteiger partial charge in [0.2, 0.25) is 11.7 Å². The quantitative estimate of drug-likeness (QED) is 0.686. The molecule has 24 heavy (non-hydrogen) atoms. The summed E-state index contributed by atoms with van der Waals surface area (Å²) in [6, 6.07) is 6.36. The summed E-state index contributed by atoms with van der Waals surface area (Å²) in [6.45, 7) is 0. The predicted octanol–water partition coefficient (Wildman–Crippen LogP) is 1.54. The van der Waals surface area contributed by atoms with Gasteiger partial charge in [0.15, 0.2) is 6.04 Å². The Kier molecular flexibility index (Phi) is 4.54. The molecule has 0 aliphatic rings. The number of sulfone groups is 1. The van der Waals surface area contributed by atoms with Gasteiger partial charge < -0.3 is 19.2 Å². The van der Waals surface area contributed by atoms with Crippen molar-refractivity contribution in [2.45, 2.75) is 18.5 Å². The second kappa shape index (κ2) is 6.62. The molecule has 0 radical (unpaired) electrons. The lowest BCUT2D eigenvalue weighted by atomic mass is 10.2. The van der Waals surface area contributed by atoms with Crippen molar-refractivity contribution in [3.8, 4) is 0 Å². The second-order valence-electron chi connectivity index (χ2n) is 5.56. The Morgan fingerprint density at radius 1 is 1.29 bits per heavy atom. The van der Waals surface area contributed by atoms with Gasteiger partial charge in [-0.2, -0.15) is 4.98 Å². The number of aromatic nitrogens is 3. The van der Waals surface area contributed by atoms with Gasteiger partial charge >= 0.3 is 0 Å². The van der Waals surface area contributed by atoms with Gasteiger partial charge in [-0.15, -0.1) is 0 Å². The van der Waals surface area contributed by atoms with Crippen molar-refractivity contribution in [2.24, 2.45) is 5.73 Å². The Labute approximate surface area is 139 Å². The van der Waals surface area contributed by atoms with Crippen LogP contribution >= 0.6 is 0 Å². The first-order valence-corrected chi connectivity index (χ1v) is 9.43. The molecule has 0 unspecified atom stereocenters. The van der Waals surface area contributed by atoms with Crippen molar-refractivity contribution in [3.05, 3.63) is 60.4 Å². The SMILES string of the molecule is CS(=O)(=O)CC[C@H](N)c1nc([C@@H](c2ccco2)n2cccc2)no1. The number of nitrogens with two attached hydrogens (primary N) is 1. The van der Waals surface area contributed by atoms with E-state index in [0.717, 1.165) is 6.26 Å². The summed E-state index contributed by atoms with van der Waals surface area (Å²) in [6.07, 6.45) is 6.69. The van der Waals surface area contributed by atoms with E-state index >= 15 is 0 Å². The topological polar surface area (TPSA) is 117 Å². The van der Waals surface area contributed by atoms with Gasteiger partial charge in [-0.3, -0.25) is 0 Å². The molecule has 3 aromatic rings. The fraction of sp³-hybridized carbons (Fsp3) is 0.333. The lowest BCUT2D eigenvalue weighted by Gasteiger charge is -2.12. The molecular formula is C15H18N4O4S. The molecule has 2 atom stereocenters. The van der Waals surface area contributed by atoms with E-state index in [1.54, 1.807) is 12.3 Å². The molecule has 9 heteroatoms. The standard InChI is InChI=1S/C15H18N4O4S/c1-24(20,21)10-6-11(16)15-17-14(18-23-15)13(12-5-4-9-22-12)19-7-2-3-8-19/h2-5,7-9,11,13H,6,10,16H2,1H3/t11-,13+/m0/s1. The molecule has 3 rings (SSSR count). The lowest BCUT2D eigenvalue weighted by molar-refractivity contribution is 0.343. The normalized spacial score (nSPS) is 14.6. The van der Waals surface area contributed by atoms with Gasteiger partial charge in [0.25, 0.3) is 0 Å². The minimum atomic E-state index is -3.10. The first-order valence-electron chi connectivity index (χ1n) is 7.37. The van der Waals surface area contributed by atoms with Crippen LogP contribution in [0.25, 0.3) is 0 Å². The molecule has 128 valence electrons. The lowest BCUT2D eigenvalue weighted by Crippen LogP contribution is -2.16. The first-order chi connectivity index (χ1) is 11.4. The highest BCUT2D eigenvalue weighted by Crippen LogP contribution is 2.26. The number of hydrogen-bond donors (Lipinski definition) is 1. The van der Waals surface area contributed by atoms with E-state index in [0.29, 0.717) is 11.6 Å². The highest BCUT2D eigenvalue weighted by molar-refractivity contribution is 7.90. The fourth-order valence-electron chi connectivity index (χ4n) is 2.35. The largest absolute Gasteiger partial charge is 0.467 e. The van der Waals surface area contributed by atoms with E-state index in [4.69, 9.17) is 14.7 Å². The summed E-state index contributed by atoms with van der Waals surface area (Å²) in [5.74, 6) is 1.22. The van der Waals surface area contributed by atoms with E-state index in [1.807, 2.05) is 35.2 Å². The third-order valence-electron chi connectivity index (χ3n) is 3.56. The number of hydrogen-bond acceptors (Lipinski definition) is 7. The van der Waals surface area contributed by atoms with Crippen LogP contribution in [-0.4, -0.2) is 35.1 Å². The van der Waals surface area contributed by atoms with E-state index in [-0.39, 0.29) is 24.1 Å². The first kappa shape index (κ1) is 16.5. The number of rotatable bonds is 7. The molecule has 0 bridgehead atoms. The van der Waals surface area contributed by atoms with Crippen molar-refractivity contribution in [3.63, 3.8) is 0 Å². The maximum atomic E-state index is 11.3. The van der Waals surface area contributed by atoms with Crippen LogP contribution < -0.4 is 5.73 Å². The van der Waals surface area contributed by atoms with Gasteiger partial charge in [-0.05, 0) is 30.7 Å². The Balaban J connectivity index is 1.84. The van der Waals surface area contributed by atoms with Gasteiger partial charge in [-0.1, -0.05) is 5.16 Å². The number of nitrogens with zero attached hydrogens (tertiary/aromatic N) is 3. The Morgan fingerprint density at radius 3 is 2.67 bits per heavy atom. The Hall–Kier alpha value is -2.39. The monoisotopic (exact) mass is 350 g/mol. The van der Waals surface area contributed by atoms with Gasteiger partial charge in [-0.25, -0.2) is 8.42 Å². The Bertz CT molecular complexity index is 834. The summed E-state index contributed by atoms with van der Waals surface area (Å²) in [5, 5.41) is 4.00. The summed E-state index contributed by atoms with van der Waals surface area (Å²) < 4.78 is 35.1. The summed E-state index contributed by atoms with van der Waals surface area (Å²) in [5.41, 5.74) is 5.96. The molecule has 3 heterocycles. The molecule has 8 nitrogen and oxygen atoms in total. The molecule has 0 saturated carbocycles. The number of furan rings is 1. The third kappa shape index (κ3) is 3.74. The molecule has 0 aliphatic carbocycles. The van der Waals surface area contributed by atoms with E-state index in [2.05, 4.69) is 10.1 Å². The predicted molar refractivity (Wildman–Crippen MR) is 85.9 cm³/mol. The van der Waals surface area contributed by atoms with E-state index in [9.17, 15) is 8.42 Å². The fourth-order valence-corrected chi connectivity index (χ4v) is 3.03. The molecule has 0 fully saturated rings. The van der Waals surface area contributed by atoms with E-state index < -0.39 is 15.9 Å². The average molecular weight is 350 g/mol. The second-order valence-corrected chi connectivity index (χ2v) is 7.82. The smallest absolute Gasteiger partial charge is 0.243 e. The van der Waals surface area contributed by atoms with Crippen LogP contribution in [0.4, 0.5) is 0 Å². The van der Waals surface area contributed by atoms with Crippen LogP contribution in [0.2, 0.25) is 0 Å². The van der Waals surface area contributed by atoms with Crippen molar-refractivity contribution in [1.29, 1.82) is 0 Å². The zero-order chi connectivity index (χ0) is 17.2. The summed E-state index contributed by atoms with van der Waals surface area (Å²) in [7, 11) is -3.10. The zero-order valence-electron chi connectivity index (χ0n) is 13.1. The van der Waals surface area contributed by atoms with Crippen LogP contribution in [-0.2, 0) is 9.84 Å². The van der Waals surface area contributed by atoms with Gasteiger partial charge in [0, 0.05) is 18.6 Å². The molecule has 2 N–H and O–H groups in total. The average Bonchev–Trinajstić information content (AvgIpc) is 3.27. The molecule has 0 aromatic carbocycles. The molecule has 0 spiro atoms. The highest BCUT2D eigenvalue weighted by Gasteiger charge is 2.26. The third-order valence-corrected chi connectivity index (χ3v) is 4.53. The van der Waals surface area contributed by atoms with Crippen LogP contribution in [0.15, 0.2) is 51.9 Å². The zero-order valence-corrected chi connectivity index (χ0v) is 13.9. The molecular weight excluding hydrogens is 332 g/mol. The Morgan fingerprint density at radius 2 is 2.04 bits per heavy atom. The van der Waals surface area contributed by atoms with Crippen LogP contribution in [0.1, 0.15) is 36.0 Å². The summed E-state index contributed by atoms with van der Waals surface area (Å²) >= 11 is 0. The van der Waals surface area contributed by atoms with Crippen molar-refractivity contribution < 1.29 is 17.4 Å². The molecule has 0 saturated heterocycles. The summed E-state index contributed by atoms with van der Waals surface area (Å²) in [4.78, 5) is 4.34. The van der Waals surface area contributed by atoms with Gasteiger partial charge in [0.05, 0.1) is 18.1 Å².